The smallest absolute Gasteiger partial charge is 0.234 e. The molecule has 1 aliphatic rings. The Kier molecular flexibility index (Phi) is 3.93. The van der Waals surface area contributed by atoms with Gasteiger partial charge in [-0.2, -0.15) is 0 Å². The van der Waals surface area contributed by atoms with Gasteiger partial charge < -0.3 is 5.73 Å². The molecule has 1 aliphatic carbocycles. The van der Waals surface area contributed by atoms with Gasteiger partial charge >= 0.3 is 0 Å². The number of nitrogens with zero attached hydrogens (tertiary/aromatic N) is 1. The van der Waals surface area contributed by atoms with E-state index in [-0.39, 0.29) is 11.9 Å². The Labute approximate surface area is 86.6 Å². The molecule has 82 valence electrons. The summed E-state index contributed by atoms with van der Waals surface area (Å²) in [6.07, 6.45) is 3.30. The van der Waals surface area contributed by atoms with E-state index in [1.807, 2.05) is 6.92 Å². The topological polar surface area (TPSA) is 46.3 Å². The fourth-order valence-corrected chi connectivity index (χ4v) is 1.96. The van der Waals surface area contributed by atoms with Crippen molar-refractivity contribution in [2.24, 2.45) is 11.7 Å². The molecule has 14 heavy (non-hydrogen) atoms. The van der Waals surface area contributed by atoms with Gasteiger partial charge in [-0.3, -0.25) is 9.69 Å². The SMILES string of the molecule is CCC(C(N)=O)N(CC(C)C)C1CC1. The van der Waals surface area contributed by atoms with Crippen molar-refractivity contribution < 1.29 is 4.79 Å². The second-order valence-corrected chi connectivity index (χ2v) is 4.65. The molecule has 0 aromatic heterocycles. The lowest BCUT2D eigenvalue weighted by atomic mass is 10.1. The number of carbonyl (C=O) groups is 1. The van der Waals surface area contributed by atoms with Crippen LogP contribution in [0.1, 0.15) is 40.0 Å². The number of nitrogens with two attached hydrogens (primary N) is 1. The first-order valence-corrected chi connectivity index (χ1v) is 5.61. The molecule has 1 rings (SSSR count). The minimum absolute atomic E-state index is 0.0510. The summed E-state index contributed by atoms with van der Waals surface area (Å²) < 4.78 is 0. The van der Waals surface area contributed by atoms with Gasteiger partial charge in [0.15, 0.2) is 0 Å². The molecule has 1 saturated carbocycles. The first kappa shape index (κ1) is 11.5. The molecular weight excluding hydrogens is 176 g/mol. The fourth-order valence-electron chi connectivity index (χ4n) is 1.96. The summed E-state index contributed by atoms with van der Waals surface area (Å²) in [6.45, 7) is 7.39. The van der Waals surface area contributed by atoms with Gasteiger partial charge in [-0.15, -0.1) is 0 Å². The van der Waals surface area contributed by atoms with Crippen LogP contribution in [0.3, 0.4) is 0 Å². The van der Waals surface area contributed by atoms with Crippen molar-refractivity contribution >= 4 is 5.91 Å². The van der Waals surface area contributed by atoms with Crippen molar-refractivity contribution in [3.8, 4) is 0 Å². The summed E-state index contributed by atoms with van der Waals surface area (Å²) in [5, 5.41) is 0. The minimum atomic E-state index is -0.167. The maximum atomic E-state index is 11.3. The maximum absolute atomic E-state index is 11.3. The monoisotopic (exact) mass is 198 g/mol. The van der Waals surface area contributed by atoms with E-state index < -0.39 is 0 Å². The Morgan fingerprint density at radius 3 is 2.36 bits per heavy atom. The van der Waals surface area contributed by atoms with Gasteiger partial charge in [-0.05, 0) is 25.2 Å². The Morgan fingerprint density at radius 2 is 2.07 bits per heavy atom. The summed E-state index contributed by atoms with van der Waals surface area (Å²) in [6, 6.07) is 0.569. The Bertz CT molecular complexity index is 199. The first-order valence-electron chi connectivity index (χ1n) is 5.61. The third-order valence-corrected chi connectivity index (χ3v) is 2.71. The highest BCUT2D eigenvalue weighted by molar-refractivity contribution is 5.79. The van der Waals surface area contributed by atoms with Crippen molar-refractivity contribution in [1.82, 2.24) is 4.90 Å². The molecular formula is C11H22N2O. The number of carbonyl (C=O) groups excluding carboxylic acids is 1. The van der Waals surface area contributed by atoms with Gasteiger partial charge in [0, 0.05) is 12.6 Å². The Hall–Kier alpha value is -0.570. The average Bonchev–Trinajstić information content (AvgIpc) is 2.84. The predicted octanol–water partition coefficient (Wildman–Crippen LogP) is 1.37. The minimum Gasteiger partial charge on any atom is -0.368 e. The van der Waals surface area contributed by atoms with E-state index in [0.29, 0.717) is 12.0 Å². The summed E-state index contributed by atoms with van der Waals surface area (Å²) in [5.74, 6) is 0.434. The number of rotatable bonds is 6. The van der Waals surface area contributed by atoms with Gasteiger partial charge in [0.25, 0.3) is 0 Å². The zero-order valence-electron chi connectivity index (χ0n) is 9.49. The quantitative estimate of drug-likeness (QED) is 0.700. The zero-order valence-corrected chi connectivity index (χ0v) is 9.49. The second kappa shape index (κ2) is 4.78. The lowest BCUT2D eigenvalue weighted by Gasteiger charge is -2.30. The van der Waals surface area contributed by atoms with E-state index in [0.717, 1.165) is 13.0 Å². The van der Waals surface area contributed by atoms with Crippen molar-refractivity contribution in [1.29, 1.82) is 0 Å². The normalized spacial score (nSPS) is 18.9. The van der Waals surface area contributed by atoms with Crippen LogP contribution in [-0.2, 0) is 4.79 Å². The second-order valence-electron chi connectivity index (χ2n) is 4.65. The first-order chi connectivity index (χ1) is 6.56. The lowest BCUT2D eigenvalue weighted by Crippen LogP contribution is -2.47. The fraction of sp³-hybridized carbons (Fsp3) is 0.909. The van der Waals surface area contributed by atoms with Gasteiger partial charge in [0.1, 0.15) is 0 Å². The van der Waals surface area contributed by atoms with Gasteiger partial charge in [0.2, 0.25) is 5.91 Å². The molecule has 0 spiro atoms. The zero-order chi connectivity index (χ0) is 10.7. The molecule has 2 N–H and O–H groups in total. The summed E-state index contributed by atoms with van der Waals surface area (Å²) in [7, 11) is 0. The van der Waals surface area contributed by atoms with E-state index in [2.05, 4.69) is 18.7 Å². The highest BCUT2D eigenvalue weighted by Gasteiger charge is 2.35. The third-order valence-electron chi connectivity index (χ3n) is 2.71. The van der Waals surface area contributed by atoms with Crippen LogP contribution in [0, 0.1) is 5.92 Å². The van der Waals surface area contributed by atoms with Crippen LogP contribution < -0.4 is 5.73 Å². The molecule has 1 fully saturated rings. The number of amides is 1. The molecule has 1 unspecified atom stereocenters. The Balaban J connectivity index is 2.59. The maximum Gasteiger partial charge on any atom is 0.234 e. The molecule has 3 heteroatoms. The van der Waals surface area contributed by atoms with Crippen LogP contribution in [-0.4, -0.2) is 29.4 Å². The van der Waals surface area contributed by atoms with Crippen molar-refractivity contribution in [3.63, 3.8) is 0 Å². The van der Waals surface area contributed by atoms with Crippen molar-refractivity contribution in [2.75, 3.05) is 6.54 Å². The van der Waals surface area contributed by atoms with Crippen LogP contribution in [0.2, 0.25) is 0 Å². The van der Waals surface area contributed by atoms with E-state index >= 15 is 0 Å². The van der Waals surface area contributed by atoms with Gasteiger partial charge in [0.05, 0.1) is 6.04 Å². The van der Waals surface area contributed by atoms with E-state index in [1.165, 1.54) is 12.8 Å². The average molecular weight is 198 g/mol. The molecule has 1 amide bonds. The van der Waals surface area contributed by atoms with Gasteiger partial charge in [-0.25, -0.2) is 0 Å². The van der Waals surface area contributed by atoms with E-state index in [4.69, 9.17) is 5.73 Å². The predicted molar refractivity (Wildman–Crippen MR) is 57.8 cm³/mol. The summed E-state index contributed by atoms with van der Waals surface area (Å²) >= 11 is 0. The molecule has 0 heterocycles. The molecule has 0 aromatic carbocycles. The Morgan fingerprint density at radius 1 is 1.50 bits per heavy atom. The van der Waals surface area contributed by atoms with Crippen LogP contribution in [0.15, 0.2) is 0 Å². The van der Waals surface area contributed by atoms with Crippen LogP contribution >= 0.6 is 0 Å². The molecule has 0 aromatic rings. The summed E-state index contributed by atoms with van der Waals surface area (Å²) in [5.41, 5.74) is 5.41. The largest absolute Gasteiger partial charge is 0.368 e. The number of primary amides is 1. The van der Waals surface area contributed by atoms with Gasteiger partial charge in [-0.1, -0.05) is 20.8 Å². The molecule has 3 nitrogen and oxygen atoms in total. The van der Waals surface area contributed by atoms with Crippen molar-refractivity contribution in [3.05, 3.63) is 0 Å². The van der Waals surface area contributed by atoms with Crippen molar-refractivity contribution in [2.45, 2.75) is 52.1 Å². The highest BCUT2D eigenvalue weighted by Crippen LogP contribution is 2.30. The molecule has 0 aliphatic heterocycles. The summed E-state index contributed by atoms with van der Waals surface area (Å²) in [4.78, 5) is 13.6. The third kappa shape index (κ3) is 2.98. The number of hydrogen-bond donors (Lipinski definition) is 1. The van der Waals surface area contributed by atoms with E-state index in [9.17, 15) is 4.79 Å². The molecule has 1 atom stereocenters. The van der Waals surface area contributed by atoms with Crippen LogP contribution in [0.5, 0.6) is 0 Å². The standard InChI is InChI=1S/C11H22N2O/c1-4-10(11(12)14)13(7-8(2)3)9-5-6-9/h8-10H,4-7H2,1-3H3,(H2,12,14). The molecule has 0 bridgehead atoms. The number of hydrogen-bond acceptors (Lipinski definition) is 2. The van der Waals surface area contributed by atoms with Crippen LogP contribution in [0.4, 0.5) is 0 Å². The van der Waals surface area contributed by atoms with E-state index in [1.54, 1.807) is 0 Å². The lowest BCUT2D eigenvalue weighted by molar-refractivity contribution is -0.123. The molecule has 0 radical (unpaired) electrons. The van der Waals surface area contributed by atoms with Crippen LogP contribution in [0.25, 0.3) is 0 Å². The highest BCUT2D eigenvalue weighted by atomic mass is 16.1. The molecule has 0 saturated heterocycles.